The van der Waals surface area contributed by atoms with Crippen molar-refractivity contribution in [3.8, 4) is 0 Å². The maximum Gasteiger partial charge on any atom is 0.253 e. The minimum absolute atomic E-state index is 0. The van der Waals surface area contributed by atoms with Gasteiger partial charge in [-0.1, -0.05) is 30.9 Å². The first kappa shape index (κ1) is 22.0. The quantitative estimate of drug-likeness (QED) is 0.655. The summed E-state index contributed by atoms with van der Waals surface area (Å²) in [7, 11) is 0. The topological polar surface area (TPSA) is 70.2 Å². The van der Waals surface area contributed by atoms with Crippen LogP contribution >= 0.6 is 24.0 Å². The number of carbonyl (C=O) groups is 2. The molecule has 1 heterocycles. The molecule has 2 aliphatic rings. The van der Waals surface area contributed by atoms with Crippen LogP contribution in [0.1, 0.15) is 61.7 Å². The van der Waals surface area contributed by atoms with Crippen LogP contribution in [0.25, 0.3) is 0 Å². The van der Waals surface area contributed by atoms with Gasteiger partial charge in [0.2, 0.25) is 5.91 Å². The van der Waals surface area contributed by atoms with E-state index in [4.69, 9.17) is 11.6 Å². The second kappa shape index (κ2) is 10.9. The highest BCUT2D eigenvalue weighted by Crippen LogP contribution is 2.23. The zero-order valence-electron chi connectivity index (χ0n) is 15.6. The van der Waals surface area contributed by atoms with Gasteiger partial charge < -0.3 is 16.0 Å². The molecule has 1 aliphatic heterocycles. The van der Waals surface area contributed by atoms with Crippen molar-refractivity contribution in [3.05, 3.63) is 28.8 Å². The lowest BCUT2D eigenvalue weighted by atomic mass is 9.95. The maximum atomic E-state index is 12.6. The molecule has 1 saturated carbocycles. The van der Waals surface area contributed by atoms with E-state index in [0.717, 1.165) is 51.6 Å². The number of hydrogen-bond donors (Lipinski definition) is 3. The lowest BCUT2D eigenvalue weighted by molar-refractivity contribution is -0.116. The second-order valence-electron chi connectivity index (χ2n) is 7.45. The van der Waals surface area contributed by atoms with Gasteiger partial charge in [0.25, 0.3) is 5.91 Å². The van der Waals surface area contributed by atoms with Gasteiger partial charge in [-0.25, -0.2) is 0 Å². The third-order valence-electron chi connectivity index (χ3n) is 5.38. The van der Waals surface area contributed by atoms with Crippen LogP contribution < -0.4 is 16.0 Å². The van der Waals surface area contributed by atoms with Gasteiger partial charge in [-0.3, -0.25) is 9.59 Å². The van der Waals surface area contributed by atoms with E-state index in [1.807, 2.05) is 0 Å². The molecule has 2 amide bonds. The van der Waals surface area contributed by atoms with Gasteiger partial charge in [-0.15, -0.1) is 12.4 Å². The Morgan fingerprint density at radius 3 is 2.63 bits per heavy atom. The summed E-state index contributed by atoms with van der Waals surface area (Å²) in [5, 5.41) is 9.69. The Balaban J connectivity index is 0.00000261. The number of benzene rings is 1. The Kier molecular flexibility index (Phi) is 8.87. The van der Waals surface area contributed by atoms with E-state index >= 15 is 0 Å². The largest absolute Gasteiger partial charge is 0.349 e. The van der Waals surface area contributed by atoms with Gasteiger partial charge in [0.15, 0.2) is 0 Å². The fourth-order valence-corrected chi connectivity index (χ4v) is 4.01. The second-order valence-corrected chi connectivity index (χ2v) is 7.86. The molecule has 3 N–H and O–H groups in total. The molecule has 0 radical (unpaired) electrons. The van der Waals surface area contributed by atoms with E-state index in [2.05, 4.69) is 16.0 Å². The predicted octanol–water partition coefficient (Wildman–Crippen LogP) is 4.15. The van der Waals surface area contributed by atoms with E-state index in [-0.39, 0.29) is 30.3 Å². The molecular weight excluding hydrogens is 385 g/mol. The highest BCUT2D eigenvalue weighted by molar-refractivity contribution is 6.34. The Morgan fingerprint density at radius 2 is 1.93 bits per heavy atom. The predicted molar refractivity (Wildman–Crippen MR) is 112 cm³/mol. The summed E-state index contributed by atoms with van der Waals surface area (Å²) >= 11 is 6.21. The molecular formula is C20H29Cl2N3O2. The fourth-order valence-electron chi connectivity index (χ4n) is 3.81. The van der Waals surface area contributed by atoms with Gasteiger partial charge in [0.05, 0.1) is 10.6 Å². The first-order valence-electron chi connectivity index (χ1n) is 9.73. The standard InChI is InChI=1S/C20H28ClN3O2.ClH/c21-18-8-7-16(23-19(25)9-6-14-10-11-22-13-14)12-17(18)20(26)24-15-4-2-1-3-5-15;/h7-8,12,14-15,22H,1-6,9-11,13H2,(H,23,25)(H,24,26);1H. The van der Waals surface area contributed by atoms with Crippen molar-refractivity contribution in [1.82, 2.24) is 10.6 Å². The molecule has 7 heteroatoms. The summed E-state index contributed by atoms with van der Waals surface area (Å²) in [6, 6.07) is 5.32. The van der Waals surface area contributed by atoms with Crippen molar-refractivity contribution in [1.29, 1.82) is 0 Å². The summed E-state index contributed by atoms with van der Waals surface area (Å²) in [4.78, 5) is 24.7. The smallest absolute Gasteiger partial charge is 0.253 e. The van der Waals surface area contributed by atoms with Crippen LogP contribution in [0.2, 0.25) is 5.02 Å². The molecule has 1 aromatic carbocycles. The monoisotopic (exact) mass is 413 g/mol. The fraction of sp³-hybridized carbons (Fsp3) is 0.600. The summed E-state index contributed by atoms with van der Waals surface area (Å²) in [5.41, 5.74) is 1.05. The third-order valence-corrected chi connectivity index (χ3v) is 5.71. The van der Waals surface area contributed by atoms with Crippen LogP contribution in [0.3, 0.4) is 0 Å². The lowest BCUT2D eigenvalue weighted by Gasteiger charge is -2.23. The Hall–Kier alpha value is -1.30. The van der Waals surface area contributed by atoms with Gasteiger partial charge in [-0.05, 0) is 62.9 Å². The molecule has 1 aliphatic carbocycles. The normalized spacial score (nSPS) is 20.0. The molecule has 27 heavy (non-hydrogen) atoms. The zero-order valence-corrected chi connectivity index (χ0v) is 17.1. The van der Waals surface area contributed by atoms with Crippen LogP contribution in [-0.4, -0.2) is 30.9 Å². The van der Waals surface area contributed by atoms with E-state index in [1.54, 1.807) is 18.2 Å². The van der Waals surface area contributed by atoms with Gasteiger partial charge in [0.1, 0.15) is 0 Å². The Morgan fingerprint density at radius 1 is 1.15 bits per heavy atom. The van der Waals surface area contributed by atoms with Crippen molar-refractivity contribution in [2.24, 2.45) is 5.92 Å². The van der Waals surface area contributed by atoms with Crippen molar-refractivity contribution in [2.75, 3.05) is 18.4 Å². The molecule has 1 aromatic rings. The van der Waals surface area contributed by atoms with Crippen LogP contribution in [0, 0.1) is 5.92 Å². The number of nitrogens with one attached hydrogen (secondary N) is 3. The summed E-state index contributed by atoms with van der Waals surface area (Å²) in [6.45, 7) is 2.04. The first-order valence-corrected chi connectivity index (χ1v) is 10.1. The van der Waals surface area contributed by atoms with Crippen molar-refractivity contribution in [2.45, 2.75) is 57.4 Å². The number of anilines is 1. The van der Waals surface area contributed by atoms with Crippen molar-refractivity contribution >= 4 is 41.5 Å². The molecule has 1 atom stereocenters. The molecule has 5 nitrogen and oxygen atoms in total. The minimum Gasteiger partial charge on any atom is -0.349 e. The molecule has 0 bridgehead atoms. The first-order chi connectivity index (χ1) is 12.6. The van der Waals surface area contributed by atoms with Crippen molar-refractivity contribution in [3.63, 3.8) is 0 Å². The Labute approximate surface area is 172 Å². The van der Waals surface area contributed by atoms with Crippen molar-refractivity contribution < 1.29 is 9.59 Å². The SMILES string of the molecule is Cl.O=C(CCC1CCNC1)Nc1ccc(Cl)c(C(=O)NC2CCCCC2)c1. The molecule has 1 unspecified atom stereocenters. The van der Waals surface area contributed by atoms with E-state index in [1.165, 1.54) is 6.42 Å². The van der Waals surface area contributed by atoms with Crippen LogP contribution in [0.15, 0.2) is 18.2 Å². The lowest BCUT2D eigenvalue weighted by Crippen LogP contribution is -2.36. The van der Waals surface area contributed by atoms with Crippen LogP contribution in [0.4, 0.5) is 5.69 Å². The number of halogens is 2. The maximum absolute atomic E-state index is 12.6. The summed E-state index contributed by atoms with van der Waals surface area (Å²) in [6.07, 6.45) is 8.13. The average Bonchev–Trinajstić information content (AvgIpc) is 3.16. The highest BCUT2D eigenvalue weighted by atomic mass is 35.5. The minimum atomic E-state index is -0.157. The number of amides is 2. The van der Waals surface area contributed by atoms with E-state index in [0.29, 0.717) is 28.6 Å². The van der Waals surface area contributed by atoms with Gasteiger partial charge in [0, 0.05) is 18.2 Å². The highest BCUT2D eigenvalue weighted by Gasteiger charge is 2.19. The molecule has 150 valence electrons. The molecule has 1 saturated heterocycles. The average molecular weight is 414 g/mol. The van der Waals surface area contributed by atoms with Crippen LogP contribution in [0.5, 0.6) is 0 Å². The third kappa shape index (κ3) is 6.66. The number of carbonyl (C=O) groups excluding carboxylic acids is 2. The van der Waals surface area contributed by atoms with Gasteiger partial charge >= 0.3 is 0 Å². The van der Waals surface area contributed by atoms with Gasteiger partial charge in [-0.2, -0.15) is 0 Å². The molecule has 2 fully saturated rings. The Bertz CT molecular complexity index is 642. The van der Waals surface area contributed by atoms with E-state index < -0.39 is 0 Å². The molecule has 3 rings (SSSR count). The van der Waals surface area contributed by atoms with E-state index in [9.17, 15) is 9.59 Å². The molecule has 0 aromatic heterocycles. The number of rotatable bonds is 6. The number of hydrogen-bond acceptors (Lipinski definition) is 3. The molecule has 0 spiro atoms. The zero-order chi connectivity index (χ0) is 18.4. The summed E-state index contributed by atoms with van der Waals surface area (Å²) < 4.78 is 0. The van der Waals surface area contributed by atoms with Crippen LogP contribution in [-0.2, 0) is 4.79 Å². The summed E-state index contributed by atoms with van der Waals surface area (Å²) in [5.74, 6) is 0.413.